The number of aromatic nitrogens is 2. The first-order valence-electron chi connectivity index (χ1n) is 6.21. The van der Waals surface area contributed by atoms with Crippen LogP contribution in [0.2, 0.25) is 0 Å². The van der Waals surface area contributed by atoms with E-state index in [0.717, 1.165) is 10.6 Å². The lowest BCUT2D eigenvalue weighted by Gasteiger charge is -2.06. The Morgan fingerprint density at radius 3 is 2.74 bits per heavy atom. The lowest BCUT2D eigenvalue weighted by atomic mass is 10.2. The molecule has 1 saturated carbocycles. The third-order valence-corrected chi connectivity index (χ3v) is 4.22. The summed E-state index contributed by atoms with van der Waals surface area (Å²) in [6.45, 7) is 0. The summed E-state index contributed by atoms with van der Waals surface area (Å²) < 4.78 is 2.25. The van der Waals surface area contributed by atoms with E-state index < -0.39 is 5.97 Å². The Balaban J connectivity index is 1.65. The molecule has 0 atom stereocenters. The van der Waals surface area contributed by atoms with Gasteiger partial charge in [-0.1, -0.05) is 0 Å². The number of carboxylic acids is 1. The number of carboxylic acid groups (broad SMARTS) is 1. The number of aromatic carboxylic acids is 1. The summed E-state index contributed by atoms with van der Waals surface area (Å²) in [5.74, 6) is -0.0218. The topological polar surface area (TPSA) is 55.1 Å². The normalized spacial score (nSPS) is 14.5. The van der Waals surface area contributed by atoms with E-state index in [2.05, 4.69) is 9.55 Å². The van der Waals surface area contributed by atoms with Gasteiger partial charge in [0.15, 0.2) is 0 Å². The monoisotopic (exact) mass is 274 g/mol. The van der Waals surface area contributed by atoms with Crippen LogP contribution in [0.4, 0.5) is 0 Å². The molecule has 5 heteroatoms. The highest BCUT2D eigenvalue weighted by molar-refractivity contribution is 7.98. The van der Waals surface area contributed by atoms with Crippen molar-refractivity contribution in [3.05, 3.63) is 48.0 Å². The van der Waals surface area contributed by atoms with Gasteiger partial charge in [-0.25, -0.2) is 9.78 Å². The molecule has 0 aliphatic heterocycles. The van der Waals surface area contributed by atoms with Gasteiger partial charge in [0.2, 0.25) is 0 Å². The number of rotatable bonds is 5. The van der Waals surface area contributed by atoms with Crippen LogP contribution >= 0.6 is 11.8 Å². The van der Waals surface area contributed by atoms with E-state index in [1.807, 2.05) is 24.7 Å². The maximum Gasteiger partial charge on any atom is 0.335 e. The van der Waals surface area contributed by atoms with Gasteiger partial charge in [-0.2, -0.15) is 0 Å². The van der Waals surface area contributed by atoms with Gasteiger partial charge in [-0.05, 0) is 37.1 Å². The predicted octanol–water partition coefficient (Wildman–Crippen LogP) is 3.21. The van der Waals surface area contributed by atoms with Gasteiger partial charge in [0, 0.05) is 28.6 Å². The zero-order valence-corrected chi connectivity index (χ0v) is 11.1. The Bertz CT molecular complexity index is 588. The number of benzene rings is 1. The van der Waals surface area contributed by atoms with Crippen LogP contribution in [0.3, 0.4) is 0 Å². The molecule has 1 aromatic carbocycles. The van der Waals surface area contributed by atoms with Crippen molar-refractivity contribution < 1.29 is 9.90 Å². The van der Waals surface area contributed by atoms with Crippen molar-refractivity contribution in [2.24, 2.45) is 0 Å². The quantitative estimate of drug-likeness (QED) is 0.851. The van der Waals surface area contributed by atoms with Crippen molar-refractivity contribution in [2.75, 3.05) is 0 Å². The molecule has 0 spiro atoms. The van der Waals surface area contributed by atoms with E-state index in [0.29, 0.717) is 11.6 Å². The molecule has 19 heavy (non-hydrogen) atoms. The minimum absolute atomic E-state index is 0.326. The van der Waals surface area contributed by atoms with Gasteiger partial charge in [-0.15, -0.1) is 11.8 Å². The minimum Gasteiger partial charge on any atom is -0.478 e. The Morgan fingerprint density at radius 2 is 2.11 bits per heavy atom. The second-order valence-electron chi connectivity index (χ2n) is 4.64. The molecule has 1 aromatic heterocycles. The van der Waals surface area contributed by atoms with E-state index >= 15 is 0 Å². The molecule has 1 aliphatic carbocycles. The van der Waals surface area contributed by atoms with Gasteiger partial charge < -0.3 is 9.67 Å². The van der Waals surface area contributed by atoms with E-state index in [1.54, 1.807) is 23.9 Å². The van der Waals surface area contributed by atoms with Crippen LogP contribution in [0.25, 0.3) is 0 Å². The summed E-state index contributed by atoms with van der Waals surface area (Å²) in [6.07, 6.45) is 6.32. The van der Waals surface area contributed by atoms with Crippen LogP contribution in [0.15, 0.2) is 41.7 Å². The summed E-state index contributed by atoms with van der Waals surface area (Å²) in [5.41, 5.74) is 1.56. The van der Waals surface area contributed by atoms with Gasteiger partial charge in [-0.3, -0.25) is 0 Å². The summed E-state index contributed by atoms with van der Waals surface area (Å²) in [4.78, 5) is 16.0. The Morgan fingerprint density at radius 1 is 1.37 bits per heavy atom. The third-order valence-electron chi connectivity index (χ3n) is 3.17. The highest BCUT2D eigenvalue weighted by atomic mass is 32.2. The fraction of sp³-hybridized carbons (Fsp3) is 0.286. The van der Waals surface area contributed by atoms with E-state index in [4.69, 9.17) is 5.11 Å². The second-order valence-corrected chi connectivity index (χ2v) is 5.69. The molecular formula is C14H14N2O2S. The molecule has 1 fully saturated rings. The highest BCUT2D eigenvalue weighted by Gasteiger charge is 2.24. The zero-order chi connectivity index (χ0) is 13.2. The number of thioether (sulfide) groups is 1. The first kappa shape index (κ1) is 12.3. The van der Waals surface area contributed by atoms with Crippen LogP contribution in [0.1, 0.15) is 34.9 Å². The maximum atomic E-state index is 10.8. The number of nitrogens with zero attached hydrogens (tertiary/aromatic N) is 2. The van der Waals surface area contributed by atoms with Crippen molar-refractivity contribution in [3.63, 3.8) is 0 Å². The van der Waals surface area contributed by atoms with Crippen LogP contribution in [0.5, 0.6) is 0 Å². The van der Waals surface area contributed by atoms with E-state index in [-0.39, 0.29) is 0 Å². The first-order chi connectivity index (χ1) is 9.24. The fourth-order valence-electron chi connectivity index (χ4n) is 1.98. The van der Waals surface area contributed by atoms with Crippen LogP contribution in [-0.4, -0.2) is 20.6 Å². The molecule has 1 aliphatic rings. The molecule has 4 nitrogen and oxygen atoms in total. The highest BCUT2D eigenvalue weighted by Crippen LogP contribution is 2.36. The first-order valence-corrected chi connectivity index (χ1v) is 7.19. The Labute approximate surface area is 115 Å². The standard InChI is InChI=1S/C14H14N2O2S/c17-14(18)10-1-5-13(6-2-10)19-8-12-7-15-9-16(12)11-3-4-11/h1-2,5-7,9,11H,3-4,8H2,(H,17,18). The largest absolute Gasteiger partial charge is 0.478 e. The molecule has 0 bridgehead atoms. The maximum absolute atomic E-state index is 10.8. The van der Waals surface area contributed by atoms with Crippen molar-refractivity contribution in [1.29, 1.82) is 0 Å². The number of hydrogen-bond acceptors (Lipinski definition) is 3. The summed E-state index contributed by atoms with van der Waals surface area (Å²) in [7, 11) is 0. The van der Waals surface area contributed by atoms with E-state index in [9.17, 15) is 4.79 Å². The van der Waals surface area contributed by atoms with Crippen LogP contribution < -0.4 is 0 Å². The van der Waals surface area contributed by atoms with Gasteiger partial charge >= 0.3 is 5.97 Å². The van der Waals surface area contributed by atoms with Gasteiger partial charge in [0.1, 0.15) is 0 Å². The van der Waals surface area contributed by atoms with Crippen molar-refractivity contribution in [3.8, 4) is 0 Å². The molecule has 3 rings (SSSR count). The molecule has 0 saturated heterocycles. The molecule has 1 N–H and O–H groups in total. The fourth-order valence-corrected chi connectivity index (χ4v) is 2.84. The molecule has 0 amide bonds. The number of imidazole rings is 1. The minimum atomic E-state index is -0.886. The Hall–Kier alpha value is -1.75. The van der Waals surface area contributed by atoms with Crippen molar-refractivity contribution >= 4 is 17.7 Å². The SMILES string of the molecule is O=C(O)c1ccc(SCc2cncn2C2CC2)cc1. The molecule has 98 valence electrons. The molecule has 0 unspecified atom stereocenters. The van der Waals surface area contributed by atoms with Crippen molar-refractivity contribution in [1.82, 2.24) is 9.55 Å². The molecule has 1 heterocycles. The smallest absolute Gasteiger partial charge is 0.335 e. The van der Waals surface area contributed by atoms with E-state index in [1.165, 1.54) is 18.5 Å². The zero-order valence-electron chi connectivity index (χ0n) is 10.3. The second kappa shape index (κ2) is 5.09. The lowest BCUT2D eigenvalue weighted by Crippen LogP contribution is -1.97. The summed E-state index contributed by atoms with van der Waals surface area (Å²) in [5, 5.41) is 8.84. The molecule has 0 radical (unpaired) electrons. The number of hydrogen-bond donors (Lipinski definition) is 1. The summed E-state index contributed by atoms with van der Waals surface area (Å²) in [6, 6.07) is 7.64. The Kier molecular flexibility index (Phi) is 3.29. The van der Waals surface area contributed by atoms with Gasteiger partial charge in [0.05, 0.1) is 11.9 Å². The molecule has 2 aromatic rings. The van der Waals surface area contributed by atoms with Gasteiger partial charge in [0.25, 0.3) is 0 Å². The van der Waals surface area contributed by atoms with Crippen LogP contribution in [0, 0.1) is 0 Å². The predicted molar refractivity (Wildman–Crippen MR) is 73.5 cm³/mol. The summed E-state index contributed by atoms with van der Waals surface area (Å²) >= 11 is 1.70. The number of carbonyl (C=O) groups is 1. The average molecular weight is 274 g/mol. The third kappa shape index (κ3) is 2.81. The molecular weight excluding hydrogens is 260 g/mol. The van der Waals surface area contributed by atoms with Crippen LogP contribution in [-0.2, 0) is 5.75 Å². The average Bonchev–Trinajstić information content (AvgIpc) is 3.16. The van der Waals surface area contributed by atoms with Crippen molar-refractivity contribution in [2.45, 2.75) is 29.5 Å². The lowest BCUT2D eigenvalue weighted by molar-refractivity contribution is 0.0697.